The molecule has 0 radical (unpaired) electrons. The van der Waals surface area contributed by atoms with Crippen LogP contribution in [0.15, 0.2) is 45.9 Å². The molecule has 2 aromatic heterocycles. The molecule has 1 unspecified atom stereocenters. The zero-order valence-corrected chi connectivity index (χ0v) is 18.0. The molecule has 0 fully saturated rings. The molecule has 9 nitrogen and oxygen atoms in total. The number of ether oxygens (including phenoxy) is 1. The van der Waals surface area contributed by atoms with Gasteiger partial charge in [0.2, 0.25) is 0 Å². The Labute approximate surface area is 187 Å². The van der Waals surface area contributed by atoms with Gasteiger partial charge in [-0.05, 0) is 30.2 Å². The summed E-state index contributed by atoms with van der Waals surface area (Å²) >= 11 is 0. The van der Waals surface area contributed by atoms with Crippen LogP contribution >= 0.6 is 0 Å². The van der Waals surface area contributed by atoms with Crippen molar-refractivity contribution in [2.24, 2.45) is 7.05 Å². The van der Waals surface area contributed by atoms with E-state index in [-0.39, 0.29) is 24.7 Å². The largest absolute Gasteiger partial charge is 0.457 e. The summed E-state index contributed by atoms with van der Waals surface area (Å²) in [5, 5.41) is 18.1. The molecule has 2 N–H and O–H groups in total. The van der Waals surface area contributed by atoms with Crippen LogP contribution in [0.25, 0.3) is 16.8 Å². The number of aryl methyl sites for hydroxylation is 1. The number of cyclic esters (lactones) is 1. The molecule has 5 rings (SSSR count). The summed E-state index contributed by atoms with van der Waals surface area (Å²) in [5.41, 5.74) is 4.49. The Hall–Kier alpha value is -3.76. The second kappa shape index (κ2) is 7.98. The Kier molecular flexibility index (Phi) is 5.10. The van der Waals surface area contributed by atoms with Gasteiger partial charge in [0.1, 0.15) is 6.61 Å². The van der Waals surface area contributed by atoms with Crippen LogP contribution in [0.1, 0.15) is 38.7 Å². The standard InChI is InChI=1S/C23H21FN4O5/c1-12-15(3-4-16-17(12)11-32-22(16)30)20(29)9-25-7-13-8-26-28(10-13)14-5-18(24)21-19(6-14)27(2)23(31)33-21/h3-6,8,10,20,25,29H,7,9,11H2,1-2H3. The molecule has 10 heteroatoms. The summed E-state index contributed by atoms with van der Waals surface area (Å²) in [6.07, 6.45) is 2.61. The van der Waals surface area contributed by atoms with Crippen molar-refractivity contribution in [3.63, 3.8) is 0 Å². The van der Waals surface area contributed by atoms with E-state index < -0.39 is 17.7 Å². The zero-order chi connectivity index (χ0) is 23.3. The number of halogens is 1. The number of aromatic nitrogens is 3. The minimum atomic E-state index is -0.764. The van der Waals surface area contributed by atoms with E-state index in [9.17, 15) is 19.1 Å². The van der Waals surface area contributed by atoms with Gasteiger partial charge < -0.3 is 19.6 Å². The Bertz CT molecular complexity index is 1450. The average Bonchev–Trinajstić information content (AvgIpc) is 3.48. The number of benzene rings is 2. The van der Waals surface area contributed by atoms with Crippen LogP contribution in [0.3, 0.4) is 0 Å². The number of hydrogen-bond donors (Lipinski definition) is 2. The number of hydrogen-bond acceptors (Lipinski definition) is 7. The lowest BCUT2D eigenvalue weighted by Crippen LogP contribution is -2.21. The van der Waals surface area contributed by atoms with Crippen LogP contribution in [-0.4, -0.2) is 32.0 Å². The predicted molar refractivity (Wildman–Crippen MR) is 116 cm³/mol. The SMILES string of the molecule is Cc1c(C(O)CNCc2cnn(-c3cc(F)c4oc(=O)n(C)c4c3)c2)ccc2c1COC2=O. The lowest BCUT2D eigenvalue weighted by atomic mass is 9.95. The highest BCUT2D eigenvalue weighted by atomic mass is 19.1. The monoisotopic (exact) mass is 452 g/mol. The highest BCUT2D eigenvalue weighted by Gasteiger charge is 2.25. The summed E-state index contributed by atoms with van der Waals surface area (Å²) in [7, 11) is 1.51. The summed E-state index contributed by atoms with van der Waals surface area (Å²) in [5.74, 6) is -1.61. The Morgan fingerprint density at radius 2 is 2.12 bits per heavy atom. The van der Waals surface area contributed by atoms with E-state index in [0.717, 1.165) is 22.3 Å². The van der Waals surface area contributed by atoms with Crippen molar-refractivity contribution in [3.8, 4) is 5.69 Å². The number of nitrogens with one attached hydrogen (secondary N) is 1. The number of aliphatic hydroxyl groups is 1. The molecule has 1 aliphatic rings. The van der Waals surface area contributed by atoms with Crippen molar-refractivity contribution < 1.29 is 23.4 Å². The van der Waals surface area contributed by atoms with Crippen molar-refractivity contribution >= 4 is 17.1 Å². The van der Waals surface area contributed by atoms with Crippen molar-refractivity contribution in [1.82, 2.24) is 19.7 Å². The molecular weight excluding hydrogens is 431 g/mol. The van der Waals surface area contributed by atoms with E-state index in [1.807, 2.05) is 6.92 Å². The number of aliphatic hydroxyl groups excluding tert-OH is 1. The number of nitrogens with zero attached hydrogens (tertiary/aromatic N) is 3. The number of carbonyl (C=O) groups is 1. The first kappa shape index (κ1) is 21.1. The lowest BCUT2D eigenvalue weighted by Gasteiger charge is -2.16. The number of rotatable bonds is 6. The molecule has 0 saturated carbocycles. The fourth-order valence-corrected chi connectivity index (χ4v) is 4.09. The first-order valence-corrected chi connectivity index (χ1v) is 10.3. The predicted octanol–water partition coefficient (Wildman–Crippen LogP) is 2.26. The number of esters is 1. The molecule has 0 bridgehead atoms. The van der Waals surface area contributed by atoms with Gasteiger partial charge in [0.25, 0.3) is 0 Å². The molecule has 0 aliphatic carbocycles. The van der Waals surface area contributed by atoms with Gasteiger partial charge in [-0.3, -0.25) is 4.57 Å². The summed E-state index contributed by atoms with van der Waals surface area (Å²) in [4.78, 5) is 23.4. The Morgan fingerprint density at radius 1 is 1.30 bits per heavy atom. The molecule has 33 heavy (non-hydrogen) atoms. The second-order valence-electron chi connectivity index (χ2n) is 8.02. The third-order valence-corrected chi connectivity index (χ3v) is 5.97. The molecule has 0 saturated heterocycles. The fourth-order valence-electron chi connectivity index (χ4n) is 4.09. The van der Waals surface area contributed by atoms with Crippen molar-refractivity contribution in [1.29, 1.82) is 0 Å². The number of oxazole rings is 1. The second-order valence-corrected chi connectivity index (χ2v) is 8.02. The first-order chi connectivity index (χ1) is 15.8. The van der Waals surface area contributed by atoms with Crippen LogP contribution in [0.5, 0.6) is 0 Å². The summed E-state index contributed by atoms with van der Waals surface area (Å²) in [6.45, 7) is 2.82. The van der Waals surface area contributed by atoms with Gasteiger partial charge in [-0.15, -0.1) is 0 Å². The van der Waals surface area contributed by atoms with E-state index >= 15 is 0 Å². The van der Waals surface area contributed by atoms with E-state index in [4.69, 9.17) is 9.15 Å². The Morgan fingerprint density at radius 3 is 2.94 bits per heavy atom. The molecule has 2 aromatic carbocycles. The first-order valence-electron chi connectivity index (χ1n) is 10.3. The summed E-state index contributed by atoms with van der Waals surface area (Å²) in [6, 6.07) is 6.32. The van der Waals surface area contributed by atoms with E-state index in [1.54, 1.807) is 30.6 Å². The maximum absolute atomic E-state index is 14.4. The lowest BCUT2D eigenvalue weighted by molar-refractivity contribution is 0.0535. The molecule has 0 spiro atoms. The van der Waals surface area contributed by atoms with E-state index in [2.05, 4.69) is 10.4 Å². The third-order valence-electron chi connectivity index (χ3n) is 5.97. The molecule has 1 atom stereocenters. The normalized spacial score (nSPS) is 14.0. The quantitative estimate of drug-likeness (QED) is 0.432. The van der Waals surface area contributed by atoms with Gasteiger partial charge in [-0.1, -0.05) is 6.07 Å². The van der Waals surface area contributed by atoms with Crippen molar-refractivity contribution in [2.45, 2.75) is 26.2 Å². The van der Waals surface area contributed by atoms with E-state index in [0.29, 0.717) is 23.3 Å². The number of fused-ring (bicyclic) bond motifs is 2. The molecule has 3 heterocycles. The average molecular weight is 452 g/mol. The van der Waals surface area contributed by atoms with Gasteiger partial charge >= 0.3 is 11.7 Å². The topological polar surface area (TPSA) is 112 Å². The van der Waals surface area contributed by atoms with Crippen molar-refractivity contribution in [3.05, 3.63) is 80.8 Å². The van der Waals surface area contributed by atoms with Gasteiger partial charge in [-0.2, -0.15) is 5.10 Å². The molecule has 170 valence electrons. The maximum atomic E-state index is 14.4. The van der Waals surface area contributed by atoms with Crippen LogP contribution in [0.2, 0.25) is 0 Å². The molecule has 0 amide bonds. The third kappa shape index (κ3) is 3.62. The van der Waals surface area contributed by atoms with Gasteiger partial charge in [0.05, 0.1) is 29.1 Å². The highest BCUT2D eigenvalue weighted by Crippen LogP contribution is 2.29. The fraction of sp³-hybridized carbons (Fsp3) is 0.261. The smallest absolute Gasteiger partial charge is 0.419 e. The zero-order valence-electron chi connectivity index (χ0n) is 18.0. The molecule has 1 aliphatic heterocycles. The highest BCUT2D eigenvalue weighted by molar-refractivity contribution is 5.94. The van der Waals surface area contributed by atoms with Crippen LogP contribution in [0, 0.1) is 12.7 Å². The molecule has 4 aromatic rings. The van der Waals surface area contributed by atoms with Gasteiger partial charge in [0.15, 0.2) is 11.4 Å². The minimum Gasteiger partial charge on any atom is -0.457 e. The molecular formula is C23H21FN4O5. The van der Waals surface area contributed by atoms with Crippen molar-refractivity contribution in [2.75, 3.05) is 6.54 Å². The number of carbonyl (C=O) groups excluding carboxylic acids is 1. The van der Waals surface area contributed by atoms with Crippen LogP contribution in [0.4, 0.5) is 4.39 Å². The van der Waals surface area contributed by atoms with E-state index in [1.165, 1.54) is 22.4 Å². The van der Waals surface area contributed by atoms with Gasteiger partial charge in [-0.25, -0.2) is 18.7 Å². The van der Waals surface area contributed by atoms with Crippen LogP contribution < -0.4 is 11.1 Å². The maximum Gasteiger partial charge on any atom is 0.419 e. The minimum absolute atomic E-state index is 0.0907. The Balaban J connectivity index is 1.27. The summed E-state index contributed by atoms with van der Waals surface area (Å²) < 4.78 is 27.1. The van der Waals surface area contributed by atoms with Gasteiger partial charge in [0, 0.05) is 43.5 Å². The van der Waals surface area contributed by atoms with Crippen LogP contribution in [-0.2, 0) is 24.9 Å².